The second kappa shape index (κ2) is 6.95. The number of benzene rings is 1. The van der Waals surface area contributed by atoms with E-state index in [-0.39, 0.29) is 11.9 Å². The molecule has 0 aromatic heterocycles. The van der Waals surface area contributed by atoms with Crippen LogP contribution in [0.3, 0.4) is 0 Å². The van der Waals surface area contributed by atoms with E-state index in [4.69, 9.17) is 22.1 Å². The number of hydrogen-bond acceptors (Lipinski definition) is 3. The molecule has 0 bridgehead atoms. The fraction of sp³-hybridized carbons (Fsp3) is 0.533. The van der Waals surface area contributed by atoms with Gasteiger partial charge in [-0.05, 0) is 37.3 Å². The van der Waals surface area contributed by atoms with Crippen molar-refractivity contribution in [1.82, 2.24) is 5.32 Å². The highest BCUT2D eigenvalue weighted by molar-refractivity contribution is 6.32. The summed E-state index contributed by atoms with van der Waals surface area (Å²) in [5, 5.41) is 3.37. The number of ether oxygens (including phenoxy) is 1. The molecule has 0 heterocycles. The van der Waals surface area contributed by atoms with Crippen LogP contribution < -0.4 is 15.8 Å². The first-order valence-corrected chi connectivity index (χ1v) is 7.44. The molecule has 0 aliphatic heterocycles. The Labute approximate surface area is 124 Å². The van der Waals surface area contributed by atoms with Gasteiger partial charge in [0.25, 0.3) is 5.91 Å². The molecule has 1 saturated carbocycles. The van der Waals surface area contributed by atoms with Gasteiger partial charge in [0.1, 0.15) is 5.75 Å². The zero-order chi connectivity index (χ0) is 14.5. The molecule has 20 heavy (non-hydrogen) atoms. The van der Waals surface area contributed by atoms with Crippen LogP contribution in [0.15, 0.2) is 24.3 Å². The molecule has 5 heteroatoms. The fourth-order valence-electron chi connectivity index (χ4n) is 2.04. The predicted octanol–water partition coefficient (Wildman–Crippen LogP) is 2.35. The number of para-hydroxylation sites is 1. The molecule has 2 unspecified atom stereocenters. The third kappa shape index (κ3) is 4.12. The zero-order valence-corrected chi connectivity index (χ0v) is 12.4. The molecule has 110 valence electrons. The largest absolute Gasteiger partial charge is 0.479 e. The fourth-order valence-corrected chi connectivity index (χ4v) is 2.22. The minimum absolute atomic E-state index is 0.0526. The number of nitrogens with one attached hydrogen (secondary N) is 1. The molecule has 1 aliphatic carbocycles. The standard InChI is InChI=1S/C15H21ClN2O2/c1-2-13(20-14-6-4-3-5-11(14)16)15(19)18-9-12(17)10-7-8-10/h3-6,10,12-13H,2,7-9,17H2,1H3,(H,18,19). The van der Waals surface area contributed by atoms with E-state index in [0.29, 0.717) is 29.7 Å². The van der Waals surface area contributed by atoms with Gasteiger partial charge in [0.15, 0.2) is 6.10 Å². The summed E-state index contributed by atoms with van der Waals surface area (Å²) < 4.78 is 5.68. The van der Waals surface area contributed by atoms with Gasteiger partial charge in [-0.1, -0.05) is 30.7 Å². The van der Waals surface area contributed by atoms with E-state index in [0.717, 1.165) is 0 Å². The lowest BCUT2D eigenvalue weighted by Crippen LogP contribution is -2.44. The van der Waals surface area contributed by atoms with Crippen molar-refractivity contribution >= 4 is 17.5 Å². The molecule has 1 aromatic rings. The molecule has 0 radical (unpaired) electrons. The second-order valence-electron chi connectivity index (χ2n) is 5.19. The van der Waals surface area contributed by atoms with E-state index in [1.54, 1.807) is 12.1 Å². The summed E-state index contributed by atoms with van der Waals surface area (Å²) >= 11 is 6.03. The predicted molar refractivity (Wildman–Crippen MR) is 79.9 cm³/mol. The van der Waals surface area contributed by atoms with Crippen LogP contribution in [0.5, 0.6) is 5.75 Å². The van der Waals surface area contributed by atoms with Crippen molar-refractivity contribution in [2.24, 2.45) is 11.7 Å². The van der Waals surface area contributed by atoms with Gasteiger partial charge in [-0.3, -0.25) is 4.79 Å². The maximum atomic E-state index is 12.1. The second-order valence-corrected chi connectivity index (χ2v) is 5.60. The quantitative estimate of drug-likeness (QED) is 0.812. The van der Waals surface area contributed by atoms with Gasteiger partial charge in [-0.2, -0.15) is 0 Å². The van der Waals surface area contributed by atoms with Crippen molar-refractivity contribution in [2.75, 3.05) is 6.54 Å². The van der Waals surface area contributed by atoms with Crippen molar-refractivity contribution in [3.05, 3.63) is 29.3 Å². The van der Waals surface area contributed by atoms with E-state index in [1.807, 2.05) is 19.1 Å². The number of hydrogen-bond donors (Lipinski definition) is 2. The normalized spacial score (nSPS) is 17.4. The molecule has 3 N–H and O–H groups in total. The SMILES string of the molecule is CCC(Oc1ccccc1Cl)C(=O)NCC(N)C1CC1. The minimum Gasteiger partial charge on any atom is -0.479 e. The van der Waals surface area contributed by atoms with Crippen LogP contribution in [0.2, 0.25) is 5.02 Å². The lowest BCUT2D eigenvalue weighted by molar-refractivity contribution is -0.128. The van der Waals surface area contributed by atoms with E-state index >= 15 is 0 Å². The van der Waals surface area contributed by atoms with E-state index < -0.39 is 6.10 Å². The van der Waals surface area contributed by atoms with Crippen molar-refractivity contribution in [3.63, 3.8) is 0 Å². The van der Waals surface area contributed by atoms with Gasteiger partial charge in [0.05, 0.1) is 5.02 Å². The molecule has 2 rings (SSSR count). The van der Waals surface area contributed by atoms with Gasteiger partial charge in [-0.25, -0.2) is 0 Å². The molecule has 0 spiro atoms. The number of rotatable bonds is 7. The Morgan fingerprint density at radius 2 is 2.20 bits per heavy atom. The summed E-state index contributed by atoms with van der Waals surface area (Å²) in [5.41, 5.74) is 5.97. The number of amides is 1. The van der Waals surface area contributed by atoms with Gasteiger partial charge >= 0.3 is 0 Å². The summed E-state index contributed by atoms with van der Waals surface area (Å²) in [5.74, 6) is 0.964. The summed E-state index contributed by atoms with van der Waals surface area (Å²) in [6, 6.07) is 7.20. The lowest BCUT2D eigenvalue weighted by Gasteiger charge is -2.19. The summed E-state index contributed by atoms with van der Waals surface area (Å²) in [6.45, 7) is 2.41. The summed E-state index contributed by atoms with van der Waals surface area (Å²) in [7, 11) is 0. The third-order valence-electron chi connectivity index (χ3n) is 3.51. The van der Waals surface area contributed by atoms with Gasteiger partial charge in [0, 0.05) is 12.6 Å². The molecule has 2 atom stereocenters. The Balaban J connectivity index is 1.86. The first kappa shape index (κ1) is 15.1. The smallest absolute Gasteiger partial charge is 0.261 e. The maximum Gasteiger partial charge on any atom is 0.261 e. The molecule has 4 nitrogen and oxygen atoms in total. The molecule has 0 saturated heterocycles. The highest BCUT2D eigenvalue weighted by Gasteiger charge is 2.29. The molecule has 1 fully saturated rings. The third-order valence-corrected chi connectivity index (χ3v) is 3.82. The van der Waals surface area contributed by atoms with Gasteiger partial charge in [0.2, 0.25) is 0 Å². The number of carbonyl (C=O) groups excluding carboxylic acids is 1. The lowest BCUT2D eigenvalue weighted by atomic mass is 10.2. The topological polar surface area (TPSA) is 64.3 Å². The first-order chi connectivity index (χ1) is 9.61. The van der Waals surface area contributed by atoms with Crippen LogP contribution >= 0.6 is 11.6 Å². The average Bonchev–Trinajstić information content (AvgIpc) is 3.28. The van der Waals surface area contributed by atoms with Crippen LogP contribution in [0.25, 0.3) is 0 Å². The highest BCUT2D eigenvalue weighted by atomic mass is 35.5. The number of halogens is 1. The monoisotopic (exact) mass is 296 g/mol. The summed E-state index contributed by atoms with van der Waals surface area (Å²) in [6.07, 6.45) is 2.38. The van der Waals surface area contributed by atoms with E-state index in [2.05, 4.69) is 5.32 Å². The Morgan fingerprint density at radius 1 is 1.50 bits per heavy atom. The number of nitrogens with two attached hydrogens (primary N) is 1. The Morgan fingerprint density at radius 3 is 2.80 bits per heavy atom. The van der Waals surface area contributed by atoms with Crippen LogP contribution in [0.1, 0.15) is 26.2 Å². The Kier molecular flexibility index (Phi) is 5.26. The van der Waals surface area contributed by atoms with Crippen molar-refractivity contribution in [1.29, 1.82) is 0 Å². The van der Waals surface area contributed by atoms with Gasteiger partial charge in [-0.15, -0.1) is 0 Å². The van der Waals surface area contributed by atoms with Gasteiger partial charge < -0.3 is 15.8 Å². The van der Waals surface area contributed by atoms with Crippen LogP contribution in [-0.4, -0.2) is 24.6 Å². The minimum atomic E-state index is -0.540. The van der Waals surface area contributed by atoms with E-state index in [1.165, 1.54) is 12.8 Å². The van der Waals surface area contributed by atoms with Crippen molar-refractivity contribution in [2.45, 2.75) is 38.3 Å². The van der Waals surface area contributed by atoms with Crippen LogP contribution in [0, 0.1) is 5.92 Å². The Hall–Kier alpha value is -1.26. The van der Waals surface area contributed by atoms with E-state index in [9.17, 15) is 4.79 Å². The Bertz CT molecular complexity index is 463. The summed E-state index contributed by atoms with van der Waals surface area (Å²) in [4.78, 5) is 12.1. The maximum absolute atomic E-state index is 12.1. The van der Waals surface area contributed by atoms with Crippen LogP contribution in [0.4, 0.5) is 0 Å². The average molecular weight is 297 g/mol. The van der Waals surface area contributed by atoms with Crippen LogP contribution in [-0.2, 0) is 4.79 Å². The molecule has 1 aliphatic rings. The van der Waals surface area contributed by atoms with Crippen molar-refractivity contribution in [3.8, 4) is 5.75 Å². The molecular formula is C15H21ClN2O2. The molecular weight excluding hydrogens is 276 g/mol. The molecule has 1 aromatic carbocycles. The number of carbonyl (C=O) groups is 1. The first-order valence-electron chi connectivity index (χ1n) is 7.06. The highest BCUT2D eigenvalue weighted by Crippen LogP contribution is 2.31. The zero-order valence-electron chi connectivity index (χ0n) is 11.6. The van der Waals surface area contributed by atoms with Crippen molar-refractivity contribution < 1.29 is 9.53 Å². The molecule has 1 amide bonds.